The van der Waals surface area contributed by atoms with Crippen LogP contribution in [0.2, 0.25) is 0 Å². The van der Waals surface area contributed by atoms with Crippen LogP contribution in [0.3, 0.4) is 0 Å². The maximum Gasteiger partial charge on any atom is 0.266 e. The van der Waals surface area contributed by atoms with Crippen LogP contribution in [0.25, 0.3) is 11.8 Å². The van der Waals surface area contributed by atoms with Gasteiger partial charge in [0.2, 0.25) is 0 Å². The average Bonchev–Trinajstić information content (AvgIpc) is 3.01. The molecule has 0 unspecified atom stereocenters. The summed E-state index contributed by atoms with van der Waals surface area (Å²) in [4.78, 5) is 12.7. The van der Waals surface area contributed by atoms with E-state index in [0.717, 1.165) is 22.6 Å². The third kappa shape index (κ3) is 4.87. The van der Waals surface area contributed by atoms with Crippen molar-refractivity contribution in [1.82, 2.24) is 4.57 Å². The van der Waals surface area contributed by atoms with E-state index in [1.54, 1.807) is 24.3 Å². The summed E-state index contributed by atoms with van der Waals surface area (Å²) in [5, 5.41) is 12.4. The maximum atomic E-state index is 12.7. The van der Waals surface area contributed by atoms with Crippen LogP contribution in [0.1, 0.15) is 35.0 Å². The number of ether oxygens (including phenoxy) is 1. The minimum atomic E-state index is -0.452. The van der Waals surface area contributed by atoms with Crippen molar-refractivity contribution >= 4 is 17.7 Å². The van der Waals surface area contributed by atoms with Crippen LogP contribution in [0.15, 0.2) is 54.1 Å². The van der Waals surface area contributed by atoms with E-state index >= 15 is 0 Å². The Hall–Kier alpha value is -3.78. The number of nitrogens with zero attached hydrogens (tertiary/aromatic N) is 2. The molecule has 31 heavy (non-hydrogen) atoms. The number of benzene rings is 2. The van der Waals surface area contributed by atoms with E-state index in [9.17, 15) is 10.1 Å². The Morgan fingerprint density at radius 2 is 1.87 bits per heavy atom. The van der Waals surface area contributed by atoms with E-state index in [1.165, 1.54) is 11.1 Å². The summed E-state index contributed by atoms with van der Waals surface area (Å²) < 4.78 is 7.60. The van der Waals surface area contributed by atoms with Crippen molar-refractivity contribution in [2.45, 2.75) is 34.6 Å². The zero-order valence-corrected chi connectivity index (χ0v) is 18.6. The number of amides is 1. The number of aryl methyl sites for hydroxylation is 3. The van der Waals surface area contributed by atoms with Crippen LogP contribution < -0.4 is 10.1 Å². The van der Waals surface area contributed by atoms with Gasteiger partial charge >= 0.3 is 0 Å². The minimum Gasteiger partial charge on any atom is -0.494 e. The third-order valence-corrected chi connectivity index (χ3v) is 5.29. The van der Waals surface area contributed by atoms with Gasteiger partial charge in [-0.3, -0.25) is 4.79 Å². The molecule has 0 bridgehead atoms. The summed E-state index contributed by atoms with van der Waals surface area (Å²) in [5.74, 6) is 0.215. The molecule has 5 nitrogen and oxygen atoms in total. The van der Waals surface area contributed by atoms with Gasteiger partial charge in [-0.2, -0.15) is 5.26 Å². The molecular weight excluding hydrogens is 386 g/mol. The molecule has 5 heteroatoms. The number of carbonyl (C=O) groups is 1. The van der Waals surface area contributed by atoms with Crippen molar-refractivity contribution in [3.8, 4) is 17.5 Å². The molecule has 1 heterocycles. The van der Waals surface area contributed by atoms with Crippen molar-refractivity contribution in [1.29, 1.82) is 5.26 Å². The highest BCUT2D eigenvalue weighted by molar-refractivity contribution is 6.09. The molecule has 2 aromatic carbocycles. The first-order valence-electron chi connectivity index (χ1n) is 10.3. The van der Waals surface area contributed by atoms with Crippen molar-refractivity contribution in [3.63, 3.8) is 0 Å². The summed E-state index contributed by atoms with van der Waals surface area (Å²) >= 11 is 0. The van der Waals surface area contributed by atoms with Gasteiger partial charge in [0.25, 0.3) is 5.91 Å². The molecule has 0 spiro atoms. The molecular formula is C26H27N3O2. The average molecular weight is 414 g/mol. The van der Waals surface area contributed by atoms with Crippen molar-refractivity contribution in [2.75, 3.05) is 11.9 Å². The van der Waals surface area contributed by atoms with Crippen LogP contribution in [0.4, 0.5) is 5.69 Å². The van der Waals surface area contributed by atoms with Crippen LogP contribution >= 0.6 is 0 Å². The molecule has 1 N–H and O–H groups in total. The molecule has 0 saturated heterocycles. The summed E-state index contributed by atoms with van der Waals surface area (Å²) in [6.45, 7) is 10.6. The lowest BCUT2D eigenvalue weighted by molar-refractivity contribution is -0.112. The first-order valence-corrected chi connectivity index (χ1v) is 10.3. The van der Waals surface area contributed by atoms with Gasteiger partial charge in [0.15, 0.2) is 0 Å². The van der Waals surface area contributed by atoms with E-state index in [-0.39, 0.29) is 5.57 Å². The number of carbonyl (C=O) groups excluding carboxylic acids is 1. The van der Waals surface area contributed by atoms with E-state index in [0.29, 0.717) is 18.0 Å². The molecule has 0 aliphatic heterocycles. The first-order chi connectivity index (χ1) is 14.8. The molecule has 3 rings (SSSR count). The van der Waals surface area contributed by atoms with Gasteiger partial charge in [0.1, 0.15) is 17.4 Å². The fourth-order valence-corrected chi connectivity index (χ4v) is 3.53. The predicted octanol–water partition coefficient (Wildman–Crippen LogP) is 5.66. The molecule has 0 saturated carbocycles. The van der Waals surface area contributed by atoms with Gasteiger partial charge in [0, 0.05) is 28.8 Å². The highest BCUT2D eigenvalue weighted by Gasteiger charge is 2.14. The molecule has 158 valence electrons. The monoisotopic (exact) mass is 413 g/mol. The fraction of sp³-hybridized carbons (Fsp3) is 0.231. The lowest BCUT2D eigenvalue weighted by Crippen LogP contribution is -2.13. The molecule has 0 aliphatic carbocycles. The summed E-state index contributed by atoms with van der Waals surface area (Å²) in [7, 11) is 0. The topological polar surface area (TPSA) is 67.0 Å². The standard InChI is InChI=1S/C26H27N3O2/c1-6-31-25-9-7-8-23(15-25)28-26(30)22(16-27)14-21-13-19(4)29(20(21)5)24-11-10-17(2)18(3)12-24/h7-15H,6H2,1-5H3,(H,28,30). The Balaban J connectivity index is 1.90. The Labute approximate surface area is 183 Å². The number of anilines is 1. The highest BCUT2D eigenvalue weighted by atomic mass is 16.5. The maximum absolute atomic E-state index is 12.7. The van der Waals surface area contributed by atoms with Crippen LogP contribution in [-0.4, -0.2) is 17.1 Å². The van der Waals surface area contributed by atoms with E-state index < -0.39 is 5.91 Å². The van der Waals surface area contributed by atoms with Crippen molar-refractivity contribution in [2.24, 2.45) is 0 Å². The van der Waals surface area contributed by atoms with Gasteiger partial charge in [-0.15, -0.1) is 0 Å². The Kier molecular flexibility index (Phi) is 6.61. The smallest absolute Gasteiger partial charge is 0.266 e. The number of nitriles is 1. The van der Waals surface area contributed by atoms with Crippen LogP contribution in [-0.2, 0) is 4.79 Å². The number of hydrogen-bond acceptors (Lipinski definition) is 3. The second kappa shape index (κ2) is 9.36. The van der Waals surface area contributed by atoms with Gasteiger partial charge < -0.3 is 14.6 Å². The Morgan fingerprint density at radius 3 is 2.55 bits per heavy atom. The second-order valence-electron chi connectivity index (χ2n) is 7.52. The Morgan fingerprint density at radius 1 is 1.10 bits per heavy atom. The molecule has 1 amide bonds. The van der Waals surface area contributed by atoms with Crippen LogP contribution in [0.5, 0.6) is 5.75 Å². The van der Waals surface area contributed by atoms with Gasteiger partial charge in [-0.25, -0.2) is 0 Å². The zero-order chi connectivity index (χ0) is 22.5. The molecule has 1 aromatic heterocycles. The molecule has 3 aromatic rings. The van der Waals surface area contributed by atoms with E-state index in [2.05, 4.69) is 41.9 Å². The Bertz CT molecular complexity index is 1200. The summed E-state index contributed by atoms with van der Waals surface area (Å²) in [6.07, 6.45) is 1.64. The first kappa shape index (κ1) is 21.9. The predicted molar refractivity (Wildman–Crippen MR) is 125 cm³/mol. The summed E-state index contributed by atoms with van der Waals surface area (Å²) in [5.41, 5.74) is 6.99. The lowest BCUT2D eigenvalue weighted by Gasteiger charge is -2.12. The van der Waals surface area contributed by atoms with Gasteiger partial charge in [0.05, 0.1) is 6.61 Å². The number of aromatic nitrogens is 1. The molecule has 0 radical (unpaired) electrons. The van der Waals surface area contributed by atoms with Crippen LogP contribution in [0, 0.1) is 39.0 Å². The normalized spacial score (nSPS) is 11.2. The summed E-state index contributed by atoms with van der Waals surface area (Å²) in [6, 6.07) is 17.5. The fourth-order valence-electron chi connectivity index (χ4n) is 3.53. The molecule has 0 fully saturated rings. The van der Waals surface area contributed by atoms with Crippen molar-refractivity contribution < 1.29 is 9.53 Å². The largest absolute Gasteiger partial charge is 0.494 e. The molecule has 0 aliphatic rings. The zero-order valence-electron chi connectivity index (χ0n) is 18.6. The number of nitrogens with one attached hydrogen (secondary N) is 1. The molecule has 0 atom stereocenters. The van der Waals surface area contributed by atoms with E-state index in [1.807, 2.05) is 39.0 Å². The van der Waals surface area contributed by atoms with Gasteiger partial charge in [-0.1, -0.05) is 12.1 Å². The van der Waals surface area contributed by atoms with E-state index in [4.69, 9.17) is 4.74 Å². The third-order valence-electron chi connectivity index (χ3n) is 5.29. The number of hydrogen-bond donors (Lipinski definition) is 1. The SMILES string of the molecule is CCOc1cccc(NC(=O)C(C#N)=Cc2cc(C)n(-c3ccc(C)c(C)c3)c2C)c1. The quantitative estimate of drug-likeness (QED) is 0.419. The highest BCUT2D eigenvalue weighted by Crippen LogP contribution is 2.25. The number of rotatable bonds is 6. The van der Waals surface area contributed by atoms with Crippen molar-refractivity contribution in [3.05, 3.63) is 82.2 Å². The second-order valence-corrected chi connectivity index (χ2v) is 7.52. The van der Waals surface area contributed by atoms with Gasteiger partial charge in [-0.05, 0) is 87.7 Å². The minimum absolute atomic E-state index is 0.0437. The lowest BCUT2D eigenvalue weighted by atomic mass is 10.1.